The number of nitrogens with one attached hydrogen (secondary N) is 1. The molecule has 0 bridgehead atoms. The predicted octanol–water partition coefficient (Wildman–Crippen LogP) is -1.66. The molecule has 3 rings (SSSR count). The maximum Gasteiger partial charge on any atom is 0.329 e. The number of aryl methyl sites for hydroxylation is 1. The molecule has 118 valence electrons. The van der Waals surface area contributed by atoms with Crippen LogP contribution >= 0.6 is 0 Å². The van der Waals surface area contributed by atoms with E-state index in [0.717, 1.165) is 0 Å². The molecule has 0 amide bonds. The SMILES string of the molecule is Cn1c(=O)[nH]c(=O)c2c1nc(N1CCOCC1)n2CC(=O)O. The predicted molar refractivity (Wildman–Crippen MR) is 76.3 cm³/mol. The van der Waals surface area contributed by atoms with Crippen LogP contribution in [0.3, 0.4) is 0 Å². The molecule has 3 heterocycles. The summed E-state index contributed by atoms with van der Waals surface area (Å²) in [5.41, 5.74) is -1.00. The summed E-state index contributed by atoms with van der Waals surface area (Å²) < 4.78 is 7.78. The molecule has 0 atom stereocenters. The van der Waals surface area contributed by atoms with Crippen LogP contribution in [0.15, 0.2) is 9.59 Å². The highest BCUT2D eigenvalue weighted by Gasteiger charge is 2.24. The van der Waals surface area contributed by atoms with Crippen LogP contribution in [0.25, 0.3) is 11.2 Å². The summed E-state index contributed by atoms with van der Waals surface area (Å²) in [7, 11) is 1.47. The van der Waals surface area contributed by atoms with Crippen molar-refractivity contribution in [1.29, 1.82) is 0 Å². The first-order valence-electron chi connectivity index (χ1n) is 6.73. The van der Waals surface area contributed by atoms with Gasteiger partial charge in [-0.3, -0.25) is 23.7 Å². The van der Waals surface area contributed by atoms with Crippen molar-refractivity contribution < 1.29 is 14.6 Å². The van der Waals surface area contributed by atoms with E-state index in [1.54, 1.807) is 0 Å². The van der Waals surface area contributed by atoms with Crippen molar-refractivity contribution >= 4 is 23.1 Å². The molecule has 2 aromatic rings. The second-order valence-electron chi connectivity index (χ2n) is 4.98. The van der Waals surface area contributed by atoms with Crippen LogP contribution < -0.4 is 16.1 Å². The Morgan fingerprint density at radius 1 is 1.36 bits per heavy atom. The van der Waals surface area contributed by atoms with E-state index in [1.807, 2.05) is 4.90 Å². The number of H-pyrrole nitrogens is 1. The Balaban J connectivity index is 2.28. The zero-order valence-corrected chi connectivity index (χ0v) is 11.9. The van der Waals surface area contributed by atoms with Gasteiger partial charge >= 0.3 is 11.7 Å². The topological polar surface area (TPSA) is 122 Å². The second kappa shape index (κ2) is 5.30. The maximum absolute atomic E-state index is 12.1. The first kappa shape index (κ1) is 14.3. The molecular formula is C12H15N5O5. The van der Waals surface area contributed by atoms with Gasteiger partial charge in [-0.1, -0.05) is 0 Å². The molecule has 1 fully saturated rings. The van der Waals surface area contributed by atoms with Crippen molar-refractivity contribution in [3.8, 4) is 0 Å². The smallest absolute Gasteiger partial charge is 0.329 e. The highest BCUT2D eigenvalue weighted by atomic mass is 16.5. The summed E-state index contributed by atoms with van der Waals surface area (Å²) in [6.07, 6.45) is 0. The Morgan fingerprint density at radius 2 is 2.05 bits per heavy atom. The number of aromatic nitrogens is 4. The van der Waals surface area contributed by atoms with Crippen molar-refractivity contribution in [3.63, 3.8) is 0 Å². The van der Waals surface area contributed by atoms with E-state index < -0.39 is 23.8 Å². The van der Waals surface area contributed by atoms with Crippen LogP contribution in [-0.2, 0) is 23.1 Å². The van der Waals surface area contributed by atoms with Crippen molar-refractivity contribution in [2.24, 2.45) is 7.05 Å². The van der Waals surface area contributed by atoms with Crippen molar-refractivity contribution in [2.75, 3.05) is 31.2 Å². The first-order chi connectivity index (χ1) is 10.5. The van der Waals surface area contributed by atoms with Gasteiger partial charge in [-0.2, -0.15) is 4.98 Å². The number of imidazole rings is 1. The third-order valence-electron chi connectivity index (χ3n) is 3.57. The molecule has 22 heavy (non-hydrogen) atoms. The van der Waals surface area contributed by atoms with Gasteiger partial charge in [-0.15, -0.1) is 0 Å². The number of nitrogens with zero attached hydrogens (tertiary/aromatic N) is 4. The summed E-state index contributed by atoms with van der Waals surface area (Å²) >= 11 is 0. The Hall–Kier alpha value is -2.62. The third-order valence-corrected chi connectivity index (χ3v) is 3.57. The van der Waals surface area contributed by atoms with Crippen LogP contribution in [0.1, 0.15) is 0 Å². The number of fused-ring (bicyclic) bond motifs is 1. The number of hydrogen-bond donors (Lipinski definition) is 2. The summed E-state index contributed by atoms with van der Waals surface area (Å²) in [6, 6.07) is 0. The van der Waals surface area contributed by atoms with E-state index in [1.165, 1.54) is 16.2 Å². The van der Waals surface area contributed by atoms with Crippen molar-refractivity contribution in [1.82, 2.24) is 19.1 Å². The van der Waals surface area contributed by atoms with Crippen LogP contribution in [0, 0.1) is 0 Å². The van der Waals surface area contributed by atoms with Gasteiger partial charge in [0.25, 0.3) is 5.56 Å². The van der Waals surface area contributed by atoms with Gasteiger partial charge < -0.3 is 14.7 Å². The van der Waals surface area contributed by atoms with Gasteiger partial charge in [0.15, 0.2) is 11.2 Å². The quantitative estimate of drug-likeness (QED) is 0.696. The lowest BCUT2D eigenvalue weighted by Crippen LogP contribution is -2.38. The summed E-state index contributed by atoms with van der Waals surface area (Å²) in [4.78, 5) is 43.2. The monoisotopic (exact) mass is 309 g/mol. The van der Waals surface area contributed by atoms with Crippen LogP contribution in [-0.4, -0.2) is 56.5 Å². The van der Waals surface area contributed by atoms with Gasteiger partial charge in [0.1, 0.15) is 6.54 Å². The Morgan fingerprint density at radius 3 is 2.68 bits per heavy atom. The fraction of sp³-hybridized carbons (Fsp3) is 0.500. The zero-order chi connectivity index (χ0) is 15.9. The normalized spacial score (nSPS) is 15.4. The van der Waals surface area contributed by atoms with E-state index in [4.69, 9.17) is 9.84 Å². The van der Waals surface area contributed by atoms with E-state index in [0.29, 0.717) is 32.3 Å². The molecule has 0 radical (unpaired) electrons. The first-order valence-corrected chi connectivity index (χ1v) is 6.73. The molecule has 2 N–H and O–H groups in total. The minimum Gasteiger partial charge on any atom is -0.480 e. The lowest BCUT2D eigenvalue weighted by molar-refractivity contribution is -0.137. The van der Waals surface area contributed by atoms with Gasteiger partial charge in [0, 0.05) is 20.1 Å². The fourth-order valence-electron chi connectivity index (χ4n) is 2.51. The van der Waals surface area contributed by atoms with E-state index >= 15 is 0 Å². The number of rotatable bonds is 3. The molecule has 2 aromatic heterocycles. The average molecular weight is 309 g/mol. The minimum atomic E-state index is -1.10. The largest absolute Gasteiger partial charge is 0.480 e. The number of aromatic amines is 1. The molecule has 0 aliphatic carbocycles. The number of carboxylic acids is 1. The molecule has 0 unspecified atom stereocenters. The number of carbonyl (C=O) groups is 1. The van der Waals surface area contributed by atoms with Gasteiger partial charge in [0.2, 0.25) is 5.95 Å². The lowest BCUT2D eigenvalue weighted by atomic mass is 10.4. The number of hydrogen-bond acceptors (Lipinski definition) is 6. The van der Waals surface area contributed by atoms with E-state index in [9.17, 15) is 14.4 Å². The van der Waals surface area contributed by atoms with Crippen LogP contribution in [0.5, 0.6) is 0 Å². The Kier molecular flexibility index (Phi) is 3.45. The molecule has 1 aliphatic rings. The minimum absolute atomic E-state index is 0.0750. The Labute approximate surface area is 123 Å². The molecule has 0 saturated carbocycles. The Bertz CT molecular complexity index is 842. The van der Waals surface area contributed by atoms with Gasteiger partial charge in [0.05, 0.1) is 13.2 Å². The lowest BCUT2D eigenvalue weighted by Gasteiger charge is -2.27. The van der Waals surface area contributed by atoms with Crippen molar-refractivity contribution in [3.05, 3.63) is 20.8 Å². The summed E-state index contributed by atoms with van der Waals surface area (Å²) in [5, 5.41) is 9.11. The highest BCUT2D eigenvalue weighted by molar-refractivity contribution is 5.78. The average Bonchev–Trinajstić information content (AvgIpc) is 2.85. The second-order valence-corrected chi connectivity index (χ2v) is 4.98. The molecule has 10 heteroatoms. The molecule has 1 aliphatic heterocycles. The van der Waals surface area contributed by atoms with E-state index in [2.05, 4.69) is 9.97 Å². The van der Waals surface area contributed by atoms with Gasteiger partial charge in [-0.25, -0.2) is 4.79 Å². The molecule has 1 saturated heterocycles. The number of carboxylic acid groups (broad SMARTS) is 1. The molecular weight excluding hydrogens is 294 g/mol. The fourth-order valence-corrected chi connectivity index (χ4v) is 2.51. The zero-order valence-electron chi connectivity index (χ0n) is 11.9. The summed E-state index contributed by atoms with van der Waals surface area (Å²) in [6.45, 7) is 1.64. The number of morpholine rings is 1. The summed E-state index contributed by atoms with van der Waals surface area (Å²) in [5.74, 6) is -0.741. The number of anilines is 1. The standard InChI is InChI=1S/C12H15N5O5/c1-15-9-8(10(20)14-12(15)21)17(6-7(18)19)11(13-9)16-2-4-22-5-3-16/h2-6H2,1H3,(H,18,19)(H,14,20,21). The maximum atomic E-state index is 12.1. The van der Waals surface area contributed by atoms with Crippen LogP contribution in [0.2, 0.25) is 0 Å². The molecule has 0 aromatic carbocycles. The van der Waals surface area contributed by atoms with E-state index in [-0.39, 0.29) is 11.2 Å². The number of aliphatic carboxylic acids is 1. The molecule has 0 spiro atoms. The number of ether oxygens (including phenoxy) is 1. The van der Waals surface area contributed by atoms with Crippen LogP contribution in [0.4, 0.5) is 5.95 Å². The highest BCUT2D eigenvalue weighted by Crippen LogP contribution is 2.20. The van der Waals surface area contributed by atoms with Gasteiger partial charge in [-0.05, 0) is 0 Å². The molecule has 10 nitrogen and oxygen atoms in total. The third kappa shape index (κ3) is 2.26. The van der Waals surface area contributed by atoms with Crippen molar-refractivity contribution in [2.45, 2.75) is 6.54 Å².